The van der Waals surface area contributed by atoms with Gasteiger partial charge in [-0.3, -0.25) is 10.1 Å². The van der Waals surface area contributed by atoms with Crippen LogP contribution in [0.2, 0.25) is 0 Å². The van der Waals surface area contributed by atoms with E-state index >= 15 is 0 Å². The minimum Gasteiger partial charge on any atom is -0.490 e. The molecule has 3 amide bonds. The van der Waals surface area contributed by atoms with Gasteiger partial charge in [0.05, 0.1) is 19.0 Å². The first-order valence-electron chi connectivity index (χ1n) is 9.54. The summed E-state index contributed by atoms with van der Waals surface area (Å²) in [6, 6.07) is 4.45. The summed E-state index contributed by atoms with van der Waals surface area (Å²) in [6.45, 7) is 4.72. The summed E-state index contributed by atoms with van der Waals surface area (Å²) in [5, 5.41) is 13.9. The van der Waals surface area contributed by atoms with Crippen LogP contribution in [0, 0.1) is 0 Å². The van der Waals surface area contributed by atoms with Crippen LogP contribution in [0.4, 0.5) is 10.5 Å². The molecule has 9 nitrogen and oxygen atoms in total. The van der Waals surface area contributed by atoms with Crippen LogP contribution in [-0.2, 0) is 11.8 Å². The average molecular weight is 420 g/mol. The fraction of sp³-hybridized carbons (Fsp3) is 0.474. The minimum atomic E-state index is -0.612. The van der Waals surface area contributed by atoms with Gasteiger partial charge in [-0.25, -0.2) is 4.79 Å². The molecule has 29 heavy (non-hydrogen) atoms. The van der Waals surface area contributed by atoms with Crippen LogP contribution in [0.25, 0.3) is 0 Å². The van der Waals surface area contributed by atoms with Crippen molar-refractivity contribution in [3.8, 4) is 11.5 Å². The van der Waals surface area contributed by atoms with E-state index in [0.29, 0.717) is 41.5 Å². The van der Waals surface area contributed by atoms with E-state index in [1.807, 2.05) is 25.5 Å². The number of urea groups is 1. The van der Waals surface area contributed by atoms with Crippen molar-refractivity contribution < 1.29 is 19.1 Å². The molecular formula is C19H25N5O4S. The second-order valence-corrected chi connectivity index (χ2v) is 7.44. The van der Waals surface area contributed by atoms with Crippen molar-refractivity contribution in [3.63, 3.8) is 0 Å². The number of thioether (sulfide) groups is 1. The number of amides is 3. The zero-order valence-corrected chi connectivity index (χ0v) is 17.5. The number of aromatic nitrogens is 3. The highest BCUT2D eigenvalue weighted by molar-refractivity contribution is 7.99. The Morgan fingerprint density at radius 2 is 1.90 bits per heavy atom. The highest BCUT2D eigenvalue weighted by atomic mass is 32.2. The molecular weight excluding hydrogens is 394 g/mol. The van der Waals surface area contributed by atoms with Gasteiger partial charge in [-0.15, -0.1) is 10.2 Å². The molecule has 0 saturated heterocycles. The van der Waals surface area contributed by atoms with Crippen molar-refractivity contribution in [1.29, 1.82) is 0 Å². The van der Waals surface area contributed by atoms with Crippen LogP contribution in [0.15, 0.2) is 23.4 Å². The van der Waals surface area contributed by atoms with Crippen molar-refractivity contribution in [2.45, 2.75) is 37.8 Å². The second kappa shape index (κ2) is 9.64. The molecule has 1 saturated carbocycles. The van der Waals surface area contributed by atoms with Crippen LogP contribution in [-0.4, -0.2) is 45.7 Å². The zero-order chi connectivity index (χ0) is 20.8. The largest absolute Gasteiger partial charge is 0.490 e. The maximum atomic E-state index is 12.1. The first kappa shape index (κ1) is 21.0. The van der Waals surface area contributed by atoms with Gasteiger partial charge in [-0.2, -0.15) is 0 Å². The molecule has 0 spiro atoms. The smallest absolute Gasteiger partial charge is 0.325 e. The number of nitrogens with one attached hydrogen (secondary N) is 2. The van der Waals surface area contributed by atoms with Crippen LogP contribution in [0.3, 0.4) is 0 Å². The van der Waals surface area contributed by atoms with Crippen LogP contribution >= 0.6 is 11.8 Å². The molecule has 3 rings (SSSR count). The van der Waals surface area contributed by atoms with E-state index in [0.717, 1.165) is 18.7 Å². The Balaban J connectivity index is 1.50. The molecule has 0 bridgehead atoms. The van der Waals surface area contributed by atoms with E-state index in [1.54, 1.807) is 18.2 Å². The predicted molar refractivity (Wildman–Crippen MR) is 110 cm³/mol. The quantitative estimate of drug-likeness (QED) is 0.602. The van der Waals surface area contributed by atoms with Gasteiger partial charge in [0.1, 0.15) is 5.82 Å². The third kappa shape index (κ3) is 5.63. The summed E-state index contributed by atoms with van der Waals surface area (Å²) in [4.78, 5) is 24.2. The fourth-order valence-electron chi connectivity index (χ4n) is 2.73. The molecule has 1 aromatic heterocycles. The van der Waals surface area contributed by atoms with Gasteiger partial charge >= 0.3 is 6.03 Å². The van der Waals surface area contributed by atoms with Gasteiger partial charge in [-0.05, 0) is 38.8 Å². The molecule has 1 fully saturated rings. The molecule has 0 radical (unpaired) electrons. The third-order valence-electron chi connectivity index (χ3n) is 4.20. The molecule has 0 unspecified atom stereocenters. The topological polar surface area (TPSA) is 107 Å². The number of anilines is 1. The lowest BCUT2D eigenvalue weighted by Gasteiger charge is -2.13. The van der Waals surface area contributed by atoms with Crippen molar-refractivity contribution in [2.75, 3.05) is 24.3 Å². The Bertz CT molecular complexity index is 881. The van der Waals surface area contributed by atoms with Crippen molar-refractivity contribution in [3.05, 3.63) is 24.0 Å². The standard InChI is InChI=1S/C19H25N5O4S/c1-4-27-14-9-8-13(10-15(14)28-5-2)20-18(26)21-16(25)11-29-19-23-22-17(24(19)3)12-6-7-12/h8-10,12H,4-7,11H2,1-3H3,(H2,20,21,25,26). The molecule has 1 aliphatic rings. The van der Waals surface area contributed by atoms with Crippen LogP contribution in [0.5, 0.6) is 11.5 Å². The summed E-state index contributed by atoms with van der Waals surface area (Å²) < 4.78 is 12.9. The molecule has 10 heteroatoms. The predicted octanol–water partition coefficient (Wildman–Crippen LogP) is 2.93. The number of benzene rings is 1. The number of imide groups is 1. The summed E-state index contributed by atoms with van der Waals surface area (Å²) in [5.74, 6) is 2.21. The summed E-state index contributed by atoms with van der Waals surface area (Å²) in [5.41, 5.74) is 0.497. The average Bonchev–Trinajstić information content (AvgIpc) is 3.45. The lowest BCUT2D eigenvalue weighted by atomic mass is 10.2. The highest BCUT2D eigenvalue weighted by Gasteiger charge is 2.29. The van der Waals surface area contributed by atoms with Crippen LogP contribution < -0.4 is 20.1 Å². The van der Waals surface area contributed by atoms with Gasteiger partial charge in [0, 0.05) is 24.7 Å². The normalized spacial score (nSPS) is 13.1. The molecule has 1 aliphatic carbocycles. The van der Waals surface area contributed by atoms with Crippen molar-refractivity contribution in [1.82, 2.24) is 20.1 Å². The fourth-order valence-corrected chi connectivity index (χ4v) is 3.45. The Morgan fingerprint density at radius 3 is 2.59 bits per heavy atom. The van der Waals surface area contributed by atoms with Crippen molar-refractivity contribution >= 4 is 29.4 Å². The third-order valence-corrected chi connectivity index (χ3v) is 5.22. The van der Waals surface area contributed by atoms with Gasteiger partial charge in [0.25, 0.3) is 0 Å². The van der Waals surface area contributed by atoms with Gasteiger partial charge in [0.2, 0.25) is 5.91 Å². The number of nitrogens with zero attached hydrogens (tertiary/aromatic N) is 3. The monoisotopic (exact) mass is 419 g/mol. The molecule has 2 N–H and O–H groups in total. The SMILES string of the molecule is CCOc1ccc(NC(=O)NC(=O)CSc2nnc(C3CC3)n2C)cc1OCC. The summed E-state index contributed by atoms with van der Waals surface area (Å²) >= 11 is 1.25. The molecule has 0 aliphatic heterocycles. The molecule has 2 aromatic rings. The number of rotatable bonds is 9. The second-order valence-electron chi connectivity index (χ2n) is 6.49. The lowest BCUT2D eigenvalue weighted by Crippen LogP contribution is -2.35. The molecule has 1 heterocycles. The molecule has 156 valence electrons. The van der Waals surface area contributed by atoms with Gasteiger partial charge < -0.3 is 19.4 Å². The van der Waals surface area contributed by atoms with E-state index < -0.39 is 11.9 Å². The summed E-state index contributed by atoms with van der Waals surface area (Å²) in [7, 11) is 1.89. The Hall–Kier alpha value is -2.75. The molecule has 0 atom stereocenters. The van der Waals surface area contributed by atoms with E-state index in [1.165, 1.54) is 11.8 Å². The van der Waals surface area contributed by atoms with Crippen LogP contribution in [0.1, 0.15) is 38.4 Å². The number of carbonyl (C=O) groups is 2. The van der Waals surface area contributed by atoms with E-state index in [2.05, 4.69) is 20.8 Å². The highest BCUT2D eigenvalue weighted by Crippen LogP contribution is 2.39. The maximum absolute atomic E-state index is 12.1. The zero-order valence-electron chi connectivity index (χ0n) is 16.7. The van der Waals surface area contributed by atoms with Gasteiger partial charge in [-0.1, -0.05) is 11.8 Å². The van der Waals surface area contributed by atoms with Crippen molar-refractivity contribution in [2.24, 2.45) is 7.05 Å². The Morgan fingerprint density at radius 1 is 1.17 bits per heavy atom. The first-order chi connectivity index (χ1) is 14.0. The van der Waals surface area contributed by atoms with E-state index in [-0.39, 0.29) is 5.75 Å². The number of hydrogen-bond acceptors (Lipinski definition) is 7. The minimum absolute atomic E-state index is 0.0670. The van der Waals surface area contributed by atoms with E-state index in [9.17, 15) is 9.59 Å². The maximum Gasteiger partial charge on any atom is 0.325 e. The number of hydrogen-bond donors (Lipinski definition) is 2. The number of carbonyl (C=O) groups excluding carboxylic acids is 2. The number of ether oxygens (including phenoxy) is 2. The Labute approximate surface area is 173 Å². The first-order valence-corrected chi connectivity index (χ1v) is 10.5. The molecule has 1 aromatic carbocycles. The van der Waals surface area contributed by atoms with Gasteiger partial charge in [0.15, 0.2) is 16.7 Å². The lowest BCUT2D eigenvalue weighted by molar-refractivity contribution is -0.117. The Kier molecular flexibility index (Phi) is 6.97. The van der Waals surface area contributed by atoms with E-state index in [4.69, 9.17) is 9.47 Å². The summed E-state index contributed by atoms with van der Waals surface area (Å²) in [6.07, 6.45) is 2.27.